The van der Waals surface area contributed by atoms with Crippen LogP contribution < -0.4 is 4.98 Å². The molecule has 120 valence electrons. The summed E-state index contributed by atoms with van der Waals surface area (Å²) in [6.07, 6.45) is 3.66. The van der Waals surface area contributed by atoms with E-state index in [1.54, 1.807) is 0 Å². The largest absolute Gasteiger partial charge is 0.211 e. The second-order valence-electron chi connectivity index (χ2n) is 7.42. The van der Waals surface area contributed by atoms with Crippen molar-refractivity contribution in [3.05, 3.63) is 78.0 Å². The third kappa shape index (κ3) is 2.65. The van der Waals surface area contributed by atoms with Crippen molar-refractivity contribution in [2.45, 2.75) is 38.5 Å². The Labute approximate surface area is 144 Å². The molecule has 0 aliphatic heterocycles. The number of hydrogen-bond acceptors (Lipinski definition) is 0. The smallest absolute Gasteiger partial charge is 0.208 e. The molecule has 0 atom stereocenters. The van der Waals surface area contributed by atoms with E-state index in [0.29, 0.717) is 0 Å². The standard InChI is InChI=1S/C23H23N/c1-23(2)15-9-14-19-20(17-10-5-3-6-11-17)16-21(24-22(19)23)18-12-7-4-8-13-18/h3-8,10-13,16H,9,14-15H2,1-2H3/p+1. The number of hydrogen-bond donors (Lipinski definition) is 0. The molecule has 1 aliphatic rings. The number of fused-ring (bicyclic) bond motifs is 1. The summed E-state index contributed by atoms with van der Waals surface area (Å²) in [4.78, 5) is 3.78. The molecular formula is C23H24N+. The molecule has 1 aromatic heterocycles. The predicted octanol–water partition coefficient (Wildman–Crippen LogP) is 5.45. The van der Waals surface area contributed by atoms with Gasteiger partial charge in [0.25, 0.3) is 0 Å². The van der Waals surface area contributed by atoms with E-state index in [2.05, 4.69) is 85.6 Å². The summed E-state index contributed by atoms with van der Waals surface area (Å²) in [7, 11) is 0. The Balaban J connectivity index is 1.99. The highest BCUT2D eigenvalue weighted by atomic mass is 14.8. The summed E-state index contributed by atoms with van der Waals surface area (Å²) in [5, 5.41) is 0. The quantitative estimate of drug-likeness (QED) is 0.597. The molecule has 1 nitrogen and oxygen atoms in total. The number of rotatable bonds is 2. The molecule has 1 heterocycles. The zero-order valence-corrected chi connectivity index (χ0v) is 14.5. The zero-order valence-electron chi connectivity index (χ0n) is 14.5. The molecule has 1 heteroatoms. The van der Waals surface area contributed by atoms with Crippen LogP contribution in [0.15, 0.2) is 66.7 Å². The maximum Gasteiger partial charge on any atom is 0.211 e. The van der Waals surface area contributed by atoms with Crippen molar-refractivity contribution in [1.82, 2.24) is 0 Å². The van der Waals surface area contributed by atoms with Crippen molar-refractivity contribution in [3.63, 3.8) is 0 Å². The molecule has 1 aliphatic carbocycles. The van der Waals surface area contributed by atoms with Crippen molar-refractivity contribution in [3.8, 4) is 22.4 Å². The first-order valence-corrected chi connectivity index (χ1v) is 8.86. The second-order valence-corrected chi connectivity index (χ2v) is 7.42. The highest BCUT2D eigenvalue weighted by molar-refractivity contribution is 5.73. The van der Waals surface area contributed by atoms with E-state index in [9.17, 15) is 0 Å². The maximum absolute atomic E-state index is 3.78. The fraction of sp³-hybridized carbons (Fsp3) is 0.261. The average Bonchev–Trinajstić information content (AvgIpc) is 2.62. The highest BCUT2D eigenvalue weighted by Crippen LogP contribution is 2.39. The van der Waals surface area contributed by atoms with E-state index < -0.39 is 0 Å². The third-order valence-corrected chi connectivity index (χ3v) is 5.25. The van der Waals surface area contributed by atoms with Gasteiger partial charge in [0.15, 0.2) is 5.69 Å². The van der Waals surface area contributed by atoms with Gasteiger partial charge in [0.05, 0.1) is 0 Å². The lowest BCUT2D eigenvalue weighted by molar-refractivity contribution is -0.386. The monoisotopic (exact) mass is 314 g/mol. The predicted molar refractivity (Wildman–Crippen MR) is 99.8 cm³/mol. The molecule has 1 N–H and O–H groups in total. The van der Waals surface area contributed by atoms with Crippen LogP contribution in [-0.2, 0) is 11.8 Å². The molecule has 4 rings (SSSR count). The lowest BCUT2D eigenvalue weighted by atomic mass is 9.74. The number of H-pyrrole nitrogens is 1. The number of nitrogens with one attached hydrogen (secondary N) is 1. The van der Waals surface area contributed by atoms with Gasteiger partial charge in [-0.3, -0.25) is 0 Å². The first-order chi connectivity index (χ1) is 11.6. The molecule has 2 aromatic carbocycles. The van der Waals surface area contributed by atoms with Gasteiger partial charge in [-0.2, -0.15) is 0 Å². The molecule has 3 aromatic rings. The lowest BCUT2D eigenvalue weighted by Crippen LogP contribution is -2.34. The number of benzene rings is 2. The Morgan fingerprint density at radius 1 is 0.833 bits per heavy atom. The van der Waals surface area contributed by atoms with Gasteiger partial charge in [0.1, 0.15) is 0 Å². The van der Waals surface area contributed by atoms with Crippen molar-refractivity contribution < 1.29 is 4.98 Å². The summed E-state index contributed by atoms with van der Waals surface area (Å²) in [5.41, 5.74) is 8.27. The van der Waals surface area contributed by atoms with Crippen LogP contribution >= 0.6 is 0 Å². The van der Waals surface area contributed by atoms with Gasteiger partial charge in [-0.25, -0.2) is 4.98 Å². The van der Waals surface area contributed by atoms with Crippen LogP contribution in [0.1, 0.15) is 37.9 Å². The molecule has 0 unspecified atom stereocenters. The summed E-state index contributed by atoms with van der Waals surface area (Å²) >= 11 is 0. The fourth-order valence-electron chi connectivity index (χ4n) is 3.93. The third-order valence-electron chi connectivity index (χ3n) is 5.25. The Morgan fingerprint density at radius 2 is 1.46 bits per heavy atom. The summed E-state index contributed by atoms with van der Waals surface area (Å²) < 4.78 is 0. The maximum atomic E-state index is 3.78. The van der Waals surface area contributed by atoms with Crippen molar-refractivity contribution in [1.29, 1.82) is 0 Å². The van der Waals surface area contributed by atoms with Crippen LogP contribution in [-0.4, -0.2) is 0 Å². The van der Waals surface area contributed by atoms with Gasteiger partial charge in [-0.15, -0.1) is 0 Å². The van der Waals surface area contributed by atoms with Crippen molar-refractivity contribution in [2.24, 2.45) is 0 Å². The molecule has 24 heavy (non-hydrogen) atoms. The van der Waals surface area contributed by atoms with E-state index >= 15 is 0 Å². The minimum Gasteiger partial charge on any atom is -0.208 e. The Bertz CT molecular complexity index is 848. The molecule has 0 radical (unpaired) electrons. The van der Waals surface area contributed by atoms with Crippen molar-refractivity contribution >= 4 is 0 Å². The lowest BCUT2D eigenvalue weighted by Gasteiger charge is -2.29. The molecule has 0 fully saturated rings. The topological polar surface area (TPSA) is 14.1 Å². The van der Waals surface area contributed by atoms with Crippen LogP contribution in [0, 0.1) is 0 Å². The zero-order chi connectivity index (χ0) is 16.6. The number of aromatic amines is 1. The average molecular weight is 314 g/mol. The summed E-state index contributed by atoms with van der Waals surface area (Å²) in [5.74, 6) is 0. The van der Waals surface area contributed by atoms with Crippen LogP contribution in [0.4, 0.5) is 0 Å². The number of aromatic nitrogens is 1. The number of pyridine rings is 1. The van der Waals surface area contributed by atoms with E-state index in [4.69, 9.17) is 0 Å². The van der Waals surface area contributed by atoms with Crippen LogP contribution in [0.25, 0.3) is 22.4 Å². The normalized spacial score (nSPS) is 15.8. The Hall–Kier alpha value is -2.41. The SMILES string of the molecule is CC1(C)CCCc2c(-c3ccccc3)cc(-c3ccccc3)[nH+]c21. The van der Waals surface area contributed by atoms with Gasteiger partial charge in [-0.1, -0.05) is 48.5 Å². The molecule has 0 saturated heterocycles. The fourth-order valence-corrected chi connectivity index (χ4v) is 3.93. The summed E-state index contributed by atoms with van der Waals surface area (Å²) in [6, 6.07) is 23.8. The molecule has 0 bridgehead atoms. The second kappa shape index (κ2) is 5.90. The Kier molecular flexibility index (Phi) is 3.72. The van der Waals surface area contributed by atoms with Crippen molar-refractivity contribution in [2.75, 3.05) is 0 Å². The van der Waals surface area contributed by atoms with Gasteiger partial charge in [0, 0.05) is 22.6 Å². The molecule has 0 spiro atoms. The van der Waals surface area contributed by atoms with E-state index in [-0.39, 0.29) is 5.41 Å². The van der Waals surface area contributed by atoms with E-state index in [0.717, 1.165) is 6.42 Å². The van der Waals surface area contributed by atoms with E-state index in [1.807, 2.05) is 0 Å². The van der Waals surface area contributed by atoms with Crippen LogP contribution in [0.3, 0.4) is 0 Å². The highest BCUT2D eigenvalue weighted by Gasteiger charge is 2.36. The molecule has 0 amide bonds. The minimum absolute atomic E-state index is 0.196. The summed E-state index contributed by atoms with van der Waals surface area (Å²) in [6.45, 7) is 4.73. The first kappa shape index (κ1) is 15.1. The van der Waals surface area contributed by atoms with Gasteiger partial charge < -0.3 is 0 Å². The van der Waals surface area contributed by atoms with Gasteiger partial charge >= 0.3 is 0 Å². The molecule has 0 saturated carbocycles. The first-order valence-electron chi connectivity index (χ1n) is 8.86. The van der Waals surface area contributed by atoms with E-state index in [1.165, 1.54) is 46.5 Å². The van der Waals surface area contributed by atoms with Gasteiger partial charge in [0.2, 0.25) is 5.69 Å². The Morgan fingerprint density at radius 3 is 2.12 bits per heavy atom. The molecular weight excluding hydrogens is 290 g/mol. The minimum atomic E-state index is 0.196. The van der Waals surface area contributed by atoms with Gasteiger partial charge in [-0.05, 0) is 56.4 Å². The van der Waals surface area contributed by atoms with Crippen LogP contribution in [0.2, 0.25) is 0 Å². The van der Waals surface area contributed by atoms with Crippen LogP contribution in [0.5, 0.6) is 0 Å².